The van der Waals surface area contributed by atoms with Crippen molar-refractivity contribution in [2.45, 2.75) is 19.8 Å². The zero-order valence-corrected chi connectivity index (χ0v) is 7.62. The first-order valence-corrected chi connectivity index (χ1v) is 6.71. The van der Waals surface area contributed by atoms with Crippen LogP contribution in [0, 0.1) is 0 Å². The van der Waals surface area contributed by atoms with Gasteiger partial charge in [-0.3, -0.25) is 0 Å². The SMILES string of the molecule is C=C(CCC)[SiH](Cl)Cl. The average Bonchev–Trinajstić information content (AvgIpc) is 1.67. The Labute approximate surface area is 61.5 Å². The molecule has 0 amide bonds. The van der Waals surface area contributed by atoms with Gasteiger partial charge in [0.15, 0.2) is 0 Å². The van der Waals surface area contributed by atoms with Crippen molar-refractivity contribution in [3.63, 3.8) is 0 Å². The molecule has 0 aromatic carbocycles. The van der Waals surface area contributed by atoms with Gasteiger partial charge in [0.25, 0.3) is 7.42 Å². The van der Waals surface area contributed by atoms with Gasteiger partial charge in [0, 0.05) is 0 Å². The molecule has 0 spiro atoms. The van der Waals surface area contributed by atoms with E-state index in [-0.39, 0.29) is 0 Å². The van der Waals surface area contributed by atoms with Crippen LogP contribution in [0.3, 0.4) is 0 Å². The maximum atomic E-state index is 5.61. The third kappa shape index (κ3) is 3.53. The first-order chi connectivity index (χ1) is 3.68. The van der Waals surface area contributed by atoms with Crippen LogP contribution >= 0.6 is 22.2 Å². The summed E-state index contributed by atoms with van der Waals surface area (Å²) in [5.41, 5.74) is 0. The molecule has 0 rings (SSSR count). The van der Waals surface area contributed by atoms with E-state index < -0.39 is 7.42 Å². The molecule has 0 aliphatic rings. The average molecular weight is 169 g/mol. The van der Waals surface area contributed by atoms with Gasteiger partial charge in [0.05, 0.1) is 0 Å². The lowest BCUT2D eigenvalue weighted by molar-refractivity contribution is 0.946. The minimum absolute atomic E-state index is 0.990. The second-order valence-electron chi connectivity index (χ2n) is 1.71. The molecule has 0 unspecified atom stereocenters. The van der Waals surface area contributed by atoms with Crippen LogP contribution in [0.1, 0.15) is 19.8 Å². The van der Waals surface area contributed by atoms with Gasteiger partial charge in [-0.2, -0.15) is 0 Å². The summed E-state index contributed by atoms with van der Waals surface area (Å²) < 4.78 is 0. The zero-order chi connectivity index (χ0) is 6.57. The molecule has 0 saturated heterocycles. The largest absolute Gasteiger partial charge is 0.262 e. The molecule has 8 heavy (non-hydrogen) atoms. The lowest BCUT2D eigenvalue weighted by atomic mass is 10.3. The minimum Gasteiger partial charge on any atom is -0.145 e. The molecule has 3 heteroatoms. The van der Waals surface area contributed by atoms with Gasteiger partial charge in [-0.1, -0.05) is 18.5 Å². The molecule has 48 valence electrons. The minimum atomic E-state index is -1.53. The van der Waals surface area contributed by atoms with Gasteiger partial charge in [-0.25, -0.2) is 0 Å². The van der Waals surface area contributed by atoms with Crippen LogP contribution in [0.4, 0.5) is 0 Å². The molecule has 0 bridgehead atoms. The number of halogens is 2. The summed E-state index contributed by atoms with van der Waals surface area (Å²) in [7, 11) is -1.53. The number of hydrogen-bond donors (Lipinski definition) is 0. The van der Waals surface area contributed by atoms with Gasteiger partial charge in [-0.15, -0.1) is 28.7 Å². The van der Waals surface area contributed by atoms with E-state index in [0.717, 1.165) is 18.0 Å². The van der Waals surface area contributed by atoms with Crippen LogP contribution in [0.5, 0.6) is 0 Å². The molecule has 0 saturated carbocycles. The summed E-state index contributed by atoms with van der Waals surface area (Å²) in [6.07, 6.45) is 2.09. The molecule has 0 aromatic rings. The van der Waals surface area contributed by atoms with Crippen molar-refractivity contribution in [3.8, 4) is 0 Å². The lowest BCUT2D eigenvalue weighted by Crippen LogP contribution is -1.96. The van der Waals surface area contributed by atoms with Gasteiger partial charge in [0.2, 0.25) is 0 Å². The highest BCUT2D eigenvalue weighted by Crippen LogP contribution is 2.12. The highest BCUT2D eigenvalue weighted by atomic mass is 35.7. The number of allylic oxidation sites excluding steroid dienone is 1. The van der Waals surface area contributed by atoms with E-state index in [0.29, 0.717) is 0 Å². The Hall–Kier alpha value is 0.537. The molecular weight excluding hydrogens is 159 g/mol. The Balaban J connectivity index is 3.33. The molecule has 0 nitrogen and oxygen atoms in total. The molecule has 0 aromatic heterocycles. The molecule has 0 heterocycles. The third-order valence-electron chi connectivity index (χ3n) is 0.880. The van der Waals surface area contributed by atoms with E-state index in [1.807, 2.05) is 0 Å². The van der Waals surface area contributed by atoms with E-state index >= 15 is 0 Å². The monoisotopic (exact) mass is 168 g/mol. The van der Waals surface area contributed by atoms with Gasteiger partial charge in [0.1, 0.15) is 0 Å². The Bertz CT molecular complexity index is 80.5. The Morgan fingerprint density at radius 1 is 1.62 bits per heavy atom. The first kappa shape index (κ1) is 8.54. The highest BCUT2D eigenvalue weighted by molar-refractivity contribution is 7.36. The van der Waals surface area contributed by atoms with Crippen LogP contribution in [0.25, 0.3) is 0 Å². The summed E-state index contributed by atoms with van der Waals surface area (Å²) in [5, 5.41) is 1.05. The summed E-state index contributed by atoms with van der Waals surface area (Å²) in [6.45, 7) is 5.83. The van der Waals surface area contributed by atoms with E-state index in [9.17, 15) is 0 Å². The van der Waals surface area contributed by atoms with E-state index in [1.54, 1.807) is 0 Å². The highest BCUT2D eigenvalue weighted by Gasteiger charge is 2.04. The predicted octanol–water partition coefficient (Wildman–Crippen LogP) is 2.58. The third-order valence-corrected chi connectivity index (χ3v) is 3.64. The van der Waals surface area contributed by atoms with Crippen LogP contribution in [0.2, 0.25) is 0 Å². The van der Waals surface area contributed by atoms with Crippen molar-refractivity contribution < 1.29 is 0 Å². The summed E-state index contributed by atoms with van der Waals surface area (Å²) in [4.78, 5) is 0. The quantitative estimate of drug-likeness (QED) is 0.450. The molecule has 0 radical (unpaired) electrons. The van der Waals surface area contributed by atoms with Crippen molar-refractivity contribution in [1.82, 2.24) is 0 Å². The van der Waals surface area contributed by atoms with Gasteiger partial charge >= 0.3 is 0 Å². The van der Waals surface area contributed by atoms with Crippen molar-refractivity contribution in [3.05, 3.63) is 11.8 Å². The molecular formula is C5H10Cl2Si. The second kappa shape index (κ2) is 4.42. The Morgan fingerprint density at radius 2 is 2.12 bits per heavy atom. The van der Waals surface area contributed by atoms with Crippen LogP contribution in [-0.2, 0) is 0 Å². The topological polar surface area (TPSA) is 0 Å². The van der Waals surface area contributed by atoms with Crippen molar-refractivity contribution >= 4 is 29.6 Å². The molecule has 0 atom stereocenters. The second-order valence-corrected chi connectivity index (χ2v) is 6.42. The normalized spacial score (nSPS) is 10.0. The summed E-state index contributed by atoms with van der Waals surface area (Å²) in [6, 6.07) is 0. The van der Waals surface area contributed by atoms with Crippen molar-refractivity contribution in [1.29, 1.82) is 0 Å². The van der Waals surface area contributed by atoms with E-state index in [2.05, 4.69) is 13.5 Å². The summed E-state index contributed by atoms with van der Waals surface area (Å²) in [5.74, 6) is 0. The maximum absolute atomic E-state index is 5.61. The molecule has 0 fully saturated rings. The maximum Gasteiger partial charge on any atom is 0.262 e. The summed E-state index contributed by atoms with van der Waals surface area (Å²) >= 11 is 11.2. The fourth-order valence-corrected chi connectivity index (χ4v) is 1.59. The van der Waals surface area contributed by atoms with E-state index in [4.69, 9.17) is 22.2 Å². The Morgan fingerprint density at radius 3 is 2.25 bits per heavy atom. The van der Waals surface area contributed by atoms with Gasteiger partial charge < -0.3 is 0 Å². The molecule has 0 N–H and O–H groups in total. The first-order valence-electron chi connectivity index (χ1n) is 2.64. The zero-order valence-electron chi connectivity index (χ0n) is 4.95. The van der Waals surface area contributed by atoms with E-state index in [1.165, 1.54) is 0 Å². The predicted molar refractivity (Wildman–Crippen MR) is 42.9 cm³/mol. The fourth-order valence-electron chi connectivity index (χ4n) is 0.430. The van der Waals surface area contributed by atoms with Crippen LogP contribution in [0.15, 0.2) is 11.8 Å². The lowest BCUT2D eigenvalue weighted by Gasteiger charge is -1.99. The molecule has 0 aliphatic heterocycles. The fraction of sp³-hybridized carbons (Fsp3) is 0.600. The molecule has 0 aliphatic carbocycles. The van der Waals surface area contributed by atoms with Crippen LogP contribution in [-0.4, -0.2) is 7.42 Å². The van der Waals surface area contributed by atoms with Crippen molar-refractivity contribution in [2.24, 2.45) is 0 Å². The number of rotatable bonds is 3. The smallest absolute Gasteiger partial charge is 0.145 e. The van der Waals surface area contributed by atoms with Crippen LogP contribution < -0.4 is 0 Å². The standard InChI is InChI=1S/C5H10Cl2Si/c1-3-4-5(2)8(6)7/h8H,2-4H2,1H3. The Kier molecular flexibility index (Phi) is 4.72. The van der Waals surface area contributed by atoms with Gasteiger partial charge in [-0.05, 0) is 6.42 Å². The number of hydrogen-bond acceptors (Lipinski definition) is 0. The van der Waals surface area contributed by atoms with Crippen molar-refractivity contribution in [2.75, 3.05) is 0 Å².